The van der Waals surface area contributed by atoms with E-state index in [2.05, 4.69) is 25.1 Å². The van der Waals surface area contributed by atoms with Crippen molar-refractivity contribution in [3.8, 4) is 0 Å². The lowest BCUT2D eigenvalue weighted by Crippen LogP contribution is -2.12. The van der Waals surface area contributed by atoms with Gasteiger partial charge in [0.15, 0.2) is 0 Å². The molecule has 72 valence electrons. The van der Waals surface area contributed by atoms with E-state index in [-0.39, 0.29) is 0 Å². The van der Waals surface area contributed by atoms with E-state index in [0.717, 1.165) is 31.6 Å². The average molecular weight is 188 g/mol. The van der Waals surface area contributed by atoms with Crippen LogP contribution in [0.3, 0.4) is 0 Å². The third-order valence-electron chi connectivity index (χ3n) is 1.76. The van der Waals surface area contributed by atoms with Gasteiger partial charge < -0.3 is 5.73 Å². The lowest BCUT2D eigenvalue weighted by atomic mass is 10.3. The molecule has 0 fully saturated rings. The van der Waals surface area contributed by atoms with Crippen LogP contribution in [0.4, 0.5) is 0 Å². The Morgan fingerprint density at radius 2 is 2.25 bits per heavy atom. The summed E-state index contributed by atoms with van der Waals surface area (Å²) >= 11 is 1.88. The van der Waals surface area contributed by atoms with Crippen molar-refractivity contribution in [2.24, 2.45) is 10.7 Å². The second-order valence-electron chi connectivity index (χ2n) is 2.96. The second kappa shape index (κ2) is 7.47. The van der Waals surface area contributed by atoms with E-state index >= 15 is 0 Å². The maximum absolute atomic E-state index is 5.66. The van der Waals surface area contributed by atoms with Gasteiger partial charge in [0, 0.05) is 18.2 Å². The van der Waals surface area contributed by atoms with Crippen molar-refractivity contribution in [1.82, 2.24) is 0 Å². The van der Waals surface area contributed by atoms with E-state index in [0.29, 0.717) is 5.25 Å². The lowest BCUT2D eigenvalue weighted by molar-refractivity contribution is 0.818. The summed E-state index contributed by atoms with van der Waals surface area (Å²) in [6, 6.07) is 0. The van der Waals surface area contributed by atoms with Crippen molar-refractivity contribution in [3.05, 3.63) is 0 Å². The molecule has 0 aliphatic rings. The molecule has 0 aromatic heterocycles. The van der Waals surface area contributed by atoms with Gasteiger partial charge >= 0.3 is 0 Å². The highest BCUT2D eigenvalue weighted by Gasteiger charge is 1.97. The van der Waals surface area contributed by atoms with Crippen molar-refractivity contribution < 1.29 is 0 Å². The molecule has 0 aromatic rings. The van der Waals surface area contributed by atoms with Gasteiger partial charge in [0.25, 0.3) is 0 Å². The number of hydrogen-bond donors (Lipinski definition) is 1. The lowest BCUT2D eigenvalue weighted by Gasteiger charge is -2.04. The molecule has 0 amide bonds. The van der Waals surface area contributed by atoms with Crippen LogP contribution in [0.25, 0.3) is 0 Å². The largest absolute Gasteiger partial charge is 0.387 e. The topological polar surface area (TPSA) is 38.4 Å². The normalized spacial score (nSPS) is 14.8. The molecule has 3 heteroatoms. The van der Waals surface area contributed by atoms with Crippen LogP contribution in [0.1, 0.15) is 33.1 Å². The molecule has 0 spiro atoms. The highest BCUT2D eigenvalue weighted by atomic mass is 32.2. The van der Waals surface area contributed by atoms with Crippen LogP contribution in [-0.2, 0) is 0 Å². The Hall–Kier alpha value is -0.180. The molecular formula is C9H20N2S. The molecule has 0 rings (SSSR count). The van der Waals surface area contributed by atoms with Crippen LogP contribution in [0.15, 0.2) is 4.99 Å². The molecule has 0 aliphatic heterocycles. The van der Waals surface area contributed by atoms with E-state index in [1.165, 1.54) is 0 Å². The Morgan fingerprint density at radius 3 is 2.75 bits per heavy atom. The van der Waals surface area contributed by atoms with Gasteiger partial charge in [-0.05, 0) is 19.1 Å². The first-order valence-corrected chi connectivity index (χ1v) is 5.81. The third kappa shape index (κ3) is 6.53. The van der Waals surface area contributed by atoms with Gasteiger partial charge in [0.2, 0.25) is 0 Å². The fourth-order valence-electron chi connectivity index (χ4n) is 0.843. The Bertz CT molecular complexity index is 134. The van der Waals surface area contributed by atoms with Crippen LogP contribution < -0.4 is 5.73 Å². The molecule has 2 N–H and O–H groups in total. The first-order chi connectivity index (χ1) is 5.70. The Labute approximate surface area is 80.0 Å². The smallest absolute Gasteiger partial charge is 0.0936 e. The monoisotopic (exact) mass is 188 g/mol. The Balaban J connectivity index is 3.45. The fraction of sp³-hybridized carbons (Fsp3) is 0.889. The molecule has 0 saturated heterocycles. The molecular weight excluding hydrogens is 168 g/mol. The first kappa shape index (κ1) is 11.8. The zero-order valence-corrected chi connectivity index (χ0v) is 9.16. The summed E-state index contributed by atoms with van der Waals surface area (Å²) in [6.07, 6.45) is 5.29. The summed E-state index contributed by atoms with van der Waals surface area (Å²) in [6.45, 7) is 5.22. The van der Waals surface area contributed by atoms with Crippen molar-refractivity contribution in [2.45, 2.75) is 38.4 Å². The maximum atomic E-state index is 5.66. The minimum Gasteiger partial charge on any atom is -0.387 e. The molecule has 1 unspecified atom stereocenters. The summed E-state index contributed by atoms with van der Waals surface area (Å²) < 4.78 is 0. The van der Waals surface area contributed by atoms with Gasteiger partial charge in [-0.1, -0.05) is 13.8 Å². The van der Waals surface area contributed by atoms with E-state index in [9.17, 15) is 0 Å². The van der Waals surface area contributed by atoms with Crippen LogP contribution in [0, 0.1) is 0 Å². The summed E-state index contributed by atoms with van der Waals surface area (Å²) in [5.74, 6) is 0.811. The van der Waals surface area contributed by atoms with Crippen LogP contribution in [0.2, 0.25) is 0 Å². The minimum atomic E-state index is 0.697. The summed E-state index contributed by atoms with van der Waals surface area (Å²) in [7, 11) is 0. The number of nitrogens with zero attached hydrogens (tertiary/aromatic N) is 1. The number of nitrogens with two attached hydrogens (primary N) is 1. The van der Waals surface area contributed by atoms with Crippen molar-refractivity contribution in [2.75, 3.05) is 12.8 Å². The number of hydrogen-bond acceptors (Lipinski definition) is 2. The Morgan fingerprint density at radius 1 is 1.58 bits per heavy atom. The van der Waals surface area contributed by atoms with E-state index in [4.69, 9.17) is 5.73 Å². The van der Waals surface area contributed by atoms with Gasteiger partial charge in [-0.3, -0.25) is 4.99 Å². The van der Waals surface area contributed by atoms with Gasteiger partial charge in [-0.25, -0.2) is 0 Å². The molecule has 0 heterocycles. The van der Waals surface area contributed by atoms with Gasteiger partial charge in [0.1, 0.15) is 0 Å². The van der Waals surface area contributed by atoms with E-state index in [1.807, 2.05) is 11.8 Å². The average Bonchev–Trinajstić information content (AvgIpc) is 2.04. The van der Waals surface area contributed by atoms with Crippen LogP contribution in [0.5, 0.6) is 0 Å². The van der Waals surface area contributed by atoms with Gasteiger partial charge in [0.05, 0.1) is 5.84 Å². The predicted octanol–water partition coefficient (Wildman–Crippen LogP) is 2.29. The highest BCUT2D eigenvalue weighted by molar-refractivity contribution is 7.99. The van der Waals surface area contributed by atoms with Crippen molar-refractivity contribution in [1.29, 1.82) is 0 Å². The zero-order valence-electron chi connectivity index (χ0n) is 8.34. The zero-order chi connectivity index (χ0) is 9.40. The molecule has 0 bridgehead atoms. The van der Waals surface area contributed by atoms with Gasteiger partial charge in [-0.15, -0.1) is 0 Å². The van der Waals surface area contributed by atoms with E-state index < -0.39 is 0 Å². The van der Waals surface area contributed by atoms with Crippen molar-refractivity contribution in [3.63, 3.8) is 0 Å². The summed E-state index contributed by atoms with van der Waals surface area (Å²) in [5, 5.41) is 0.697. The summed E-state index contributed by atoms with van der Waals surface area (Å²) in [4.78, 5) is 4.28. The fourth-order valence-corrected chi connectivity index (χ4v) is 1.18. The number of amidine groups is 1. The molecule has 0 saturated carbocycles. The molecule has 1 atom stereocenters. The summed E-state index contributed by atoms with van der Waals surface area (Å²) in [5.41, 5.74) is 5.66. The molecule has 0 aliphatic carbocycles. The number of thioether (sulfide) groups is 1. The third-order valence-corrected chi connectivity index (χ3v) is 2.80. The molecule has 0 aromatic carbocycles. The molecule has 0 radical (unpaired) electrons. The number of aliphatic imine (C=N–C) groups is 1. The highest BCUT2D eigenvalue weighted by Crippen LogP contribution is 2.08. The molecule has 12 heavy (non-hydrogen) atoms. The standard InChI is InChI=1S/C9H20N2S/c1-4-5-9(10)11-7-6-8(2)12-3/h8H,4-7H2,1-3H3,(H2,10,11). The second-order valence-corrected chi connectivity index (χ2v) is 4.23. The van der Waals surface area contributed by atoms with E-state index in [1.54, 1.807) is 0 Å². The first-order valence-electron chi connectivity index (χ1n) is 4.52. The van der Waals surface area contributed by atoms with Crippen LogP contribution in [-0.4, -0.2) is 23.9 Å². The SMILES string of the molecule is CCCC(N)=NCCC(C)SC. The predicted molar refractivity (Wildman–Crippen MR) is 59.0 cm³/mol. The van der Waals surface area contributed by atoms with Crippen molar-refractivity contribution >= 4 is 17.6 Å². The molecule has 2 nitrogen and oxygen atoms in total. The van der Waals surface area contributed by atoms with Crippen LogP contribution >= 0.6 is 11.8 Å². The quantitative estimate of drug-likeness (QED) is 0.513. The maximum Gasteiger partial charge on any atom is 0.0936 e. The Kier molecular flexibility index (Phi) is 7.36. The van der Waals surface area contributed by atoms with Gasteiger partial charge in [-0.2, -0.15) is 11.8 Å². The minimum absolute atomic E-state index is 0.697. The number of rotatable bonds is 6.